The standard InChI is InChI=1S/C21H35N5O2/c1-4-22-21(23-8-9-26-10-12-28-13-11-26)24-16-18-6-5-7-19(15-18)25-20(27)14-17(2)3/h5-7,15,17H,4,8-14,16H2,1-3H3,(H,25,27)(H2,22,23,24). The summed E-state index contributed by atoms with van der Waals surface area (Å²) in [5.74, 6) is 1.21. The van der Waals surface area contributed by atoms with Gasteiger partial charge >= 0.3 is 0 Å². The average molecular weight is 390 g/mol. The van der Waals surface area contributed by atoms with E-state index in [1.165, 1.54) is 0 Å². The molecule has 0 atom stereocenters. The number of hydrogen-bond donors (Lipinski definition) is 3. The fourth-order valence-corrected chi connectivity index (χ4v) is 3.00. The molecule has 0 spiro atoms. The minimum atomic E-state index is 0.0498. The minimum absolute atomic E-state index is 0.0498. The highest BCUT2D eigenvalue weighted by molar-refractivity contribution is 5.90. The van der Waals surface area contributed by atoms with Crippen LogP contribution in [0.25, 0.3) is 0 Å². The van der Waals surface area contributed by atoms with Crippen molar-refractivity contribution >= 4 is 17.6 Å². The number of ether oxygens (including phenoxy) is 1. The van der Waals surface area contributed by atoms with Gasteiger partial charge in [0.1, 0.15) is 0 Å². The predicted octanol–water partition coefficient (Wildman–Crippen LogP) is 2.06. The highest BCUT2D eigenvalue weighted by Crippen LogP contribution is 2.13. The van der Waals surface area contributed by atoms with Gasteiger partial charge in [0.05, 0.1) is 19.8 Å². The molecule has 0 aliphatic carbocycles. The summed E-state index contributed by atoms with van der Waals surface area (Å²) < 4.78 is 5.38. The van der Waals surface area contributed by atoms with Gasteiger partial charge in [0.25, 0.3) is 0 Å². The Morgan fingerprint density at radius 1 is 1.25 bits per heavy atom. The lowest BCUT2D eigenvalue weighted by molar-refractivity contribution is -0.116. The van der Waals surface area contributed by atoms with Gasteiger partial charge in [0.2, 0.25) is 5.91 Å². The fraction of sp³-hybridized carbons (Fsp3) is 0.619. The van der Waals surface area contributed by atoms with E-state index in [1.807, 2.05) is 38.1 Å². The molecule has 0 unspecified atom stereocenters. The van der Waals surface area contributed by atoms with E-state index < -0.39 is 0 Å². The van der Waals surface area contributed by atoms with Crippen molar-refractivity contribution in [2.45, 2.75) is 33.7 Å². The number of carbonyl (C=O) groups is 1. The number of anilines is 1. The van der Waals surface area contributed by atoms with E-state index in [-0.39, 0.29) is 5.91 Å². The second-order valence-corrected chi connectivity index (χ2v) is 7.42. The van der Waals surface area contributed by atoms with E-state index >= 15 is 0 Å². The van der Waals surface area contributed by atoms with Crippen molar-refractivity contribution in [1.82, 2.24) is 15.5 Å². The molecule has 1 aromatic rings. The molecule has 0 bridgehead atoms. The second-order valence-electron chi connectivity index (χ2n) is 7.42. The van der Waals surface area contributed by atoms with Crippen LogP contribution in [-0.2, 0) is 16.1 Å². The lowest BCUT2D eigenvalue weighted by Gasteiger charge is -2.26. The number of nitrogens with one attached hydrogen (secondary N) is 3. The molecule has 7 heteroatoms. The van der Waals surface area contributed by atoms with Gasteiger partial charge in [-0.25, -0.2) is 4.99 Å². The number of morpholine rings is 1. The summed E-state index contributed by atoms with van der Waals surface area (Å²) >= 11 is 0. The summed E-state index contributed by atoms with van der Waals surface area (Å²) in [6, 6.07) is 7.88. The van der Waals surface area contributed by atoms with E-state index in [0.717, 1.165) is 63.1 Å². The Balaban J connectivity index is 1.85. The SMILES string of the molecule is CCNC(=NCc1cccc(NC(=O)CC(C)C)c1)NCCN1CCOCC1. The number of guanidine groups is 1. The molecule has 1 aliphatic rings. The smallest absolute Gasteiger partial charge is 0.224 e. The number of aliphatic imine (C=N–C) groups is 1. The number of hydrogen-bond acceptors (Lipinski definition) is 4. The molecule has 1 aromatic carbocycles. The van der Waals surface area contributed by atoms with E-state index in [2.05, 4.69) is 32.8 Å². The van der Waals surface area contributed by atoms with Crippen molar-refractivity contribution in [3.63, 3.8) is 0 Å². The molecule has 1 heterocycles. The Morgan fingerprint density at radius 3 is 2.75 bits per heavy atom. The van der Waals surface area contributed by atoms with Crippen molar-refractivity contribution in [3.8, 4) is 0 Å². The summed E-state index contributed by atoms with van der Waals surface area (Å²) in [5.41, 5.74) is 1.89. The van der Waals surface area contributed by atoms with Crippen LogP contribution in [0.5, 0.6) is 0 Å². The highest BCUT2D eigenvalue weighted by atomic mass is 16.5. The third-order valence-electron chi connectivity index (χ3n) is 4.39. The normalized spacial score (nSPS) is 15.5. The zero-order valence-electron chi connectivity index (χ0n) is 17.5. The van der Waals surface area contributed by atoms with E-state index in [1.54, 1.807) is 0 Å². The van der Waals surface area contributed by atoms with E-state index in [9.17, 15) is 4.79 Å². The van der Waals surface area contributed by atoms with Crippen molar-refractivity contribution in [3.05, 3.63) is 29.8 Å². The molecule has 0 radical (unpaired) electrons. The Hall–Kier alpha value is -2.12. The first-order chi connectivity index (χ1) is 13.6. The molecule has 156 valence electrons. The summed E-state index contributed by atoms with van der Waals surface area (Å²) in [7, 11) is 0. The second kappa shape index (κ2) is 12.4. The van der Waals surface area contributed by atoms with E-state index in [4.69, 9.17) is 4.74 Å². The van der Waals surface area contributed by atoms with Crippen molar-refractivity contribution in [2.75, 3.05) is 51.3 Å². The number of benzene rings is 1. The Labute approximate surface area is 168 Å². The summed E-state index contributed by atoms with van der Waals surface area (Å²) in [6.45, 7) is 13.0. The summed E-state index contributed by atoms with van der Waals surface area (Å²) in [5, 5.41) is 9.64. The van der Waals surface area contributed by atoms with Crippen LogP contribution >= 0.6 is 0 Å². The first-order valence-electron chi connectivity index (χ1n) is 10.3. The van der Waals surface area contributed by atoms with Crippen LogP contribution in [0.15, 0.2) is 29.3 Å². The minimum Gasteiger partial charge on any atom is -0.379 e. The molecule has 7 nitrogen and oxygen atoms in total. The molecule has 1 aliphatic heterocycles. The van der Waals surface area contributed by atoms with Gasteiger partial charge in [0, 0.05) is 44.8 Å². The lowest BCUT2D eigenvalue weighted by atomic mass is 10.1. The molecule has 0 saturated carbocycles. The van der Waals surface area contributed by atoms with Gasteiger partial charge in [-0.05, 0) is 30.5 Å². The zero-order valence-corrected chi connectivity index (χ0v) is 17.5. The number of nitrogens with zero attached hydrogens (tertiary/aromatic N) is 2. The predicted molar refractivity (Wildman–Crippen MR) is 115 cm³/mol. The van der Waals surface area contributed by atoms with Crippen LogP contribution in [0.4, 0.5) is 5.69 Å². The topological polar surface area (TPSA) is 78.0 Å². The van der Waals surface area contributed by atoms with Crippen molar-refractivity contribution in [1.29, 1.82) is 0 Å². The molecule has 3 N–H and O–H groups in total. The van der Waals surface area contributed by atoms with Crippen LogP contribution in [0.2, 0.25) is 0 Å². The van der Waals surface area contributed by atoms with Crippen molar-refractivity contribution < 1.29 is 9.53 Å². The van der Waals surface area contributed by atoms with Crippen LogP contribution in [0.3, 0.4) is 0 Å². The average Bonchev–Trinajstić information content (AvgIpc) is 2.66. The fourth-order valence-electron chi connectivity index (χ4n) is 3.00. The van der Waals surface area contributed by atoms with Gasteiger partial charge in [0.15, 0.2) is 5.96 Å². The van der Waals surface area contributed by atoms with Crippen molar-refractivity contribution in [2.24, 2.45) is 10.9 Å². The zero-order chi connectivity index (χ0) is 20.2. The lowest BCUT2D eigenvalue weighted by Crippen LogP contribution is -2.44. The van der Waals surface area contributed by atoms with Crippen LogP contribution < -0.4 is 16.0 Å². The van der Waals surface area contributed by atoms with Gasteiger partial charge in [-0.2, -0.15) is 0 Å². The van der Waals surface area contributed by atoms with Gasteiger partial charge in [-0.3, -0.25) is 9.69 Å². The number of carbonyl (C=O) groups excluding carboxylic acids is 1. The molecule has 2 rings (SSSR count). The summed E-state index contributed by atoms with van der Waals surface area (Å²) in [4.78, 5) is 19.0. The molecule has 0 aromatic heterocycles. The number of rotatable bonds is 9. The van der Waals surface area contributed by atoms with Crippen LogP contribution in [-0.4, -0.2) is 62.7 Å². The molecule has 1 saturated heterocycles. The maximum absolute atomic E-state index is 12.0. The third kappa shape index (κ3) is 8.71. The Bertz CT molecular complexity index is 627. The third-order valence-corrected chi connectivity index (χ3v) is 4.39. The first-order valence-corrected chi connectivity index (χ1v) is 10.3. The Morgan fingerprint density at radius 2 is 2.04 bits per heavy atom. The number of amides is 1. The van der Waals surface area contributed by atoms with Crippen LogP contribution in [0.1, 0.15) is 32.8 Å². The quantitative estimate of drug-likeness (QED) is 0.445. The molecular formula is C21H35N5O2. The monoisotopic (exact) mass is 389 g/mol. The molecule has 1 fully saturated rings. The molecule has 28 heavy (non-hydrogen) atoms. The van der Waals surface area contributed by atoms with Crippen LogP contribution in [0, 0.1) is 5.92 Å². The maximum Gasteiger partial charge on any atom is 0.224 e. The van der Waals surface area contributed by atoms with Gasteiger partial charge in [-0.1, -0.05) is 26.0 Å². The molecule has 1 amide bonds. The largest absolute Gasteiger partial charge is 0.379 e. The molecular weight excluding hydrogens is 354 g/mol. The highest BCUT2D eigenvalue weighted by Gasteiger charge is 2.10. The van der Waals surface area contributed by atoms with Gasteiger partial charge < -0.3 is 20.7 Å². The first kappa shape index (κ1) is 22.2. The summed E-state index contributed by atoms with van der Waals surface area (Å²) in [6.07, 6.45) is 0.528. The van der Waals surface area contributed by atoms with Gasteiger partial charge in [-0.15, -0.1) is 0 Å². The Kier molecular flexibility index (Phi) is 9.79. The van der Waals surface area contributed by atoms with E-state index in [0.29, 0.717) is 18.9 Å². The maximum atomic E-state index is 12.0.